The number of allylic oxidation sites excluding steroid dienone is 3. The Bertz CT molecular complexity index is 5730. The quantitative estimate of drug-likeness (QED) is 0.00484. The van der Waals surface area contributed by atoms with Gasteiger partial charge in [-0.1, -0.05) is 234 Å². The summed E-state index contributed by atoms with van der Waals surface area (Å²) >= 11 is 6.17. The van der Waals surface area contributed by atoms with Gasteiger partial charge in [0.2, 0.25) is 28.0 Å². The van der Waals surface area contributed by atoms with Crippen molar-refractivity contribution in [3.8, 4) is 0 Å². The molecule has 31 nitrogen and oxygen atoms in total. The largest absolute Gasteiger partial charge is 1.00 e. The van der Waals surface area contributed by atoms with Crippen molar-refractivity contribution < 1.29 is 82.7 Å². The first-order chi connectivity index (χ1) is 61.8. The van der Waals surface area contributed by atoms with Crippen molar-refractivity contribution in [2.24, 2.45) is 11.5 Å². The fourth-order valence-corrected chi connectivity index (χ4v) is 14.3. The second-order valence-corrected chi connectivity index (χ2v) is 32.1. The van der Waals surface area contributed by atoms with Gasteiger partial charge in [-0.05, 0) is 152 Å². The molecule has 0 fully saturated rings. The van der Waals surface area contributed by atoms with Gasteiger partial charge in [-0.3, -0.25) is 33.6 Å². The van der Waals surface area contributed by atoms with E-state index in [4.69, 9.17) is 22.3 Å². The normalized spacial score (nSPS) is 10.4. The van der Waals surface area contributed by atoms with E-state index >= 15 is 0 Å². The minimum Gasteiger partial charge on any atom is -0.870 e. The molecule has 6 aromatic heterocycles. The predicted molar refractivity (Wildman–Crippen MR) is 513 cm³/mol. The number of carbonyl (C=O) groups excluding carboxylic acids is 6. The molecule has 0 saturated heterocycles. The molecule has 0 aliphatic carbocycles. The second kappa shape index (κ2) is 61.2. The molecule has 13 rings (SSSR count). The number of hydrogen-bond donors (Lipinski definition) is 7. The van der Waals surface area contributed by atoms with Crippen molar-refractivity contribution in [1.29, 1.82) is 0 Å². The smallest absolute Gasteiger partial charge is 0.870 e. The van der Waals surface area contributed by atoms with Crippen LogP contribution in [-0.4, -0.2) is 138 Å². The van der Waals surface area contributed by atoms with E-state index in [2.05, 4.69) is 101 Å². The van der Waals surface area contributed by atoms with Gasteiger partial charge in [0.15, 0.2) is 5.82 Å². The van der Waals surface area contributed by atoms with Crippen LogP contribution in [0.3, 0.4) is 0 Å². The van der Waals surface area contributed by atoms with Crippen molar-refractivity contribution in [2.75, 3.05) is 37.7 Å². The average molecular weight is 1890 g/mol. The third-order valence-electron chi connectivity index (χ3n) is 19.0. The number of aromatic nitrogens is 12. The number of anilines is 3. The number of methoxy groups -OCH3 is 3. The molecule has 0 aliphatic rings. The first kappa shape index (κ1) is 111. The Balaban J connectivity index is 0.000000351. The molecule has 0 bridgehead atoms. The van der Waals surface area contributed by atoms with Crippen LogP contribution in [0.5, 0.6) is 0 Å². The van der Waals surface area contributed by atoms with E-state index in [0.717, 1.165) is 164 Å². The number of ether oxygens (including phenoxy) is 3. The molecule has 0 unspecified atom stereocenters. The Kier molecular flexibility index (Phi) is 51.4. The number of amides is 3. The minimum atomic E-state index is -0.805. The van der Waals surface area contributed by atoms with Gasteiger partial charge in [-0.2, -0.15) is 5.10 Å². The van der Waals surface area contributed by atoms with Gasteiger partial charge >= 0.3 is 42.7 Å². The number of unbranched alkanes of at least 4 members (excludes halogenated alkanes) is 2. The maximum absolute atomic E-state index is 12.6. The Morgan fingerprint density at radius 2 is 0.841 bits per heavy atom. The van der Waals surface area contributed by atoms with E-state index < -0.39 is 5.97 Å². The molecule has 132 heavy (non-hydrogen) atoms. The number of aliphatic carboxylic acids is 1. The van der Waals surface area contributed by atoms with E-state index in [1.807, 2.05) is 239 Å². The molecule has 0 aliphatic heterocycles. The summed E-state index contributed by atoms with van der Waals surface area (Å²) in [6, 6.07) is 62.0. The molecule has 6 heterocycles. The van der Waals surface area contributed by atoms with Crippen LogP contribution in [0, 0.1) is 27.7 Å². The first-order valence-electron chi connectivity index (χ1n) is 41.2. The second-order valence-electron chi connectivity index (χ2n) is 29.4. The van der Waals surface area contributed by atoms with Gasteiger partial charge in [0.1, 0.15) is 33.3 Å². The number of halogens is 1. The summed E-state index contributed by atoms with van der Waals surface area (Å²) in [5.41, 5.74) is 31.2. The van der Waals surface area contributed by atoms with Crippen molar-refractivity contribution in [3.63, 3.8) is 0 Å². The summed E-state index contributed by atoms with van der Waals surface area (Å²) in [4.78, 5) is 93.0. The Morgan fingerprint density at radius 1 is 0.439 bits per heavy atom. The minimum absolute atomic E-state index is 0. The monoisotopic (exact) mass is 1890 g/mol. The number of nitrogens with zero attached hydrogens (tertiary/aromatic N) is 12. The van der Waals surface area contributed by atoms with E-state index in [9.17, 15) is 33.6 Å². The Morgan fingerprint density at radius 3 is 1.28 bits per heavy atom. The zero-order valence-corrected chi connectivity index (χ0v) is 78.0. The van der Waals surface area contributed by atoms with Gasteiger partial charge in [-0.25, -0.2) is 15.0 Å². The first-order valence-corrected chi connectivity index (χ1v) is 44.0. The number of benzene rings is 7. The van der Waals surface area contributed by atoms with Crippen molar-refractivity contribution in [1.82, 2.24) is 64.6 Å². The molecule has 13 N–H and O–H groups in total. The van der Waals surface area contributed by atoms with Crippen LogP contribution in [0.25, 0.3) is 0 Å². The summed E-state index contributed by atoms with van der Waals surface area (Å²) in [6.45, 7) is 10.1. The average Bonchev–Trinajstić information content (AvgIpc) is 1.69. The van der Waals surface area contributed by atoms with Crippen LogP contribution in [0.2, 0.25) is 0 Å². The zero-order chi connectivity index (χ0) is 91.8. The number of nitrogens with two attached hydrogens (primary N) is 3. The Hall–Kier alpha value is -13.5. The van der Waals surface area contributed by atoms with Gasteiger partial charge in [0, 0.05) is 80.7 Å². The van der Waals surface area contributed by atoms with Crippen LogP contribution in [0.4, 0.5) is 16.1 Å². The number of nitrogens with one attached hydrogen (secondary N) is 3. The molecule has 692 valence electrons. The summed E-state index contributed by atoms with van der Waals surface area (Å²) in [6.07, 6.45) is 23.2. The fourth-order valence-electron chi connectivity index (χ4n) is 12.5. The van der Waals surface area contributed by atoms with Gasteiger partial charge in [0.25, 0.3) is 0 Å². The molecule has 7 aromatic carbocycles. The van der Waals surface area contributed by atoms with Crippen molar-refractivity contribution >= 4 is 96.3 Å². The standard InChI is InChI=1S/C31H32N8O2S.C18H24N6OS.C14H16N2O2.C13H14N2O2.C10H11BrO2.C10H12O2.CH4.Li.2H2O/c1-22-32-16-17-39(22)21-25-11-7-10-24(18-25)20-29(41)34-31-38-37-30(42-31)13-6-5-12-26-14-15-27(36-35-26)33-28(40)19-23-8-3-2-4-9-23;19-14(8-4-5-9-17-23-24-18(21)26-17)10-11-15(20)22-16(25)12-13-6-2-1-3-7-13;1-11-15-6-7-16(11)10-13-5-3-4-12(8-13)9-14(17)18-2;1-10-14-5-6-15(10)9-12-4-2-3-11(7-12)8-13(16)17;1-13-10(12)6-8-3-2-4-9(5-8)7-11;1-8-4-3-5-9(6-8)7-10(11)12-2;;;;/h2-4,7-11,14-18H,5-6,12-13,19-21H2,1H3,(H,33,36,40)(H,34,38,41);1-3,6-7,10-11H,4-5,8-9,12,19-20H2,(H2,21,24)(H,22,25);3-8H,9-10H2,1-2H3;2-7H,8-9H2,1H3,(H,16,17);2-5H,6-7H2,1H3;3-6H,7H2,1-2H3;1H4;;2*1H2/q;;;;;;;+1;;/p-1/b;14-10-,15-11+;;;;;;;;. The number of carboxylic acid groups (broad SMARTS) is 1. The fraction of sp³-hybridized carbons (Fsp3) is 0.278. The molecular weight excluding hydrogens is 1780 g/mol. The van der Waals surface area contributed by atoms with E-state index in [1.165, 1.54) is 49.6 Å². The molecule has 3 amide bonds. The van der Waals surface area contributed by atoms with E-state index in [-0.39, 0.29) is 98.0 Å². The van der Waals surface area contributed by atoms with Crippen LogP contribution < -0.4 is 52.0 Å². The van der Waals surface area contributed by atoms with Crippen LogP contribution in [0.1, 0.15) is 139 Å². The number of imidazole rings is 3. The number of nitrogen functional groups attached to an aromatic ring is 1. The topological polar surface area (TPSA) is 474 Å². The van der Waals surface area contributed by atoms with Gasteiger partial charge in [0.05, 0.1) is 72.0 Å². The third-order valence-corrected chi connectivity index (χ3v) is 21.4. The summed E-state index contributed by atoms with van der Waals surface area (Å²) in [5, 5.41) is 45.2. The van der Waals surface area contributed by atoms with Gasteiger partial charge in [-0.15, -0.1) is 25.5 Å². The van der Waals surface area contributed by atoms with E-state index in [0.29, 0.717) is 54.0 Å². The van der Waals surface area contributed by atoms with Crippen molar-refractivity contribution in [3.05, 3.63) is 355 Å². The molecule has 0 saturated carbocycles. The summed E-state index contributed by atoms with van der Waals surface area (Å²) < 4.78 is 20.0. The van der Waals surface area contributed by atoms with E-state index in [1.54, 1.807) is 36.8 Å². The zero-order valence-electron chi connectivity index (χ0n) is 74.8. The SMILES string of the molecule is C.COC(=O)Cc1cccc(C)c1.COC(=O)Cc1cccc(CBr)c1.COC(=O)Cc1cccc(Cn2ccnc2C)c1.Cc1nccn1Cc1cccc(CC(=O)Nc2nnc(CCCCc3ccc(NC(=O)Cc4ccccc4)nn3)s2)c1.Cc1nccn1Cc1cccc(CC(=O)O)c1.N/C(=C\C=C(/N)NC(=O)Cc1ccccc1)CCCCc1nnc(N)s1.O.[Li+].[OH-]. The third kappa shape index (κ3) is 43.3. The molecule has 13 aromatic rings. The van der Waals surface area contributed by atoms with Crippen LogP contribution in [0.15, 0.2) is 255 Å². The maximum Gasteiger partial charge on any atom is 1.00 e. The number of carboxylic acids is 1. The number of aryl methyl sites for hydroxylation is 7. The van der Waals surface area contributed by atoms with Crippen molar-refractivity contribution in [2.45, 2.75) is 156 Å². The van der Waals surface area contributed by atoms with Gasteiger partial charge < -0.3 is 77.1 Å². The predicted octanol–water partition coefficient (Wildman–Crippen LogP) is 11.1. The number of alkyl halides is 1. The number of hydrogen-bond acceptors (Lipinski definition) is 25. The number of esters is 3. The molecule has 35 heteroatoms. The molecule has 0 radical (unpaired) electrons. The van der Waals surface area contributed by atoms with Crippen LogP contribution >= 0.6 is 38.6 Å². The maximum atomic E-state index is 12.6. The summed E-state index contributed by atoms with van der Waals surface area (Å²) in [5.74, 6) is 1.79. The molecule has 0 spiro atoms. The molecular formula is C97H116BrLiN18O13S2. The van der Waals surface area contributed by atoms with Crippen LogP contribution in [-0.2, 0) is 137 Å². The number of carbonyl (C=O) groups is 7. The number of rotatable bonds is 35. The summed E-state index contributed by atoms with van der Waals surface area (Å²) in [7, 11) is 4.20. The Labute approximate surface area is 798 Å². The molecule has 0 atom stereocenters.